The number of nitrogens with one attached hydrogen (secondary N) is 1. The molecule has 2 heterocycles. The summed E-state index contributed by atoms with van der Waals surface area (Å²) in [5, 5.41) is 4.51. The molecule has 84 valence electrons. The van der Waals surface area contributed by atoms with Crippen LogP contribution < -0.4 is 5.32 Å². The number of hydrogen-bond acceptors (Lipinski definition) is 3. The predicted molar refractivity (Wildman–Crippen MR) is 62.8 cm³/mol. The minimum Gasteiger partial charge on any atom is -0.303 e. The van der Waals surface area contributed by atoms with Crippen molar-refractivity contribution in [3.63, 3.8) is 0 Å². The third-order valence-corrected chi connectivity index (χ3v) is 3.06. The molecule has 0 aliphatic carbocycles. The van der Waals surface area contributed by atoms with Gasteiger partial charge in [-0.3, -0.25) is 9.69 Å². The quantitative estimate of drug-likeness (QED) is 0.645. The van der Waals surface area contributed by atoms with Gasteiger partial charge in [0.1, 0.15) is 5.70 Å². The highest BCUT2D eigenvalue weighted by molar-refractivity contribution is 7.10. The van der Waals surface area contributed by atoms with Gasteiger partial charge in [0.25, 0.3) is 5.91 Å². The summed E-state index contributed by atoms with van der Waals surface area (Å²) in [6, 6.07) is 3.48. The number of rotatable bonds is 3. The summed E-state index contributed by atoms with van der Waals surface area (Å²) < 4.78 is 0. The van der Waals surface area contributed by atoms with Crippen molar-refractivity contribution in [1.82, 2.24) is 10.2 Å². The third-order valence-electron chi connectivity index (χ3n) is 2.24. The number of carbonyl (C=O) groups excluding carboxylic acids is 2. The highest BCUT2D eigenvalue weighted by atomic mass is 32.1. The van der Waals surface area contributed by atoms with Crippen LogP contribution in [0.3, 0.4) is 0 Å². The number of hydrogen-bond donors (Lipinski definition) is 1. The Morgan fingerprint density at radius 1 is 1.50 bits per heavy atom. The second kappa shape index (κ2) is 4.49. The molecule has 0 radical (unpaired) electrons. The van der Waals surface area contributed by atoms with Crippen molar-refractivity contribution in [3.8, 4) is 0 Å². The summed E-state index contributed by atoms with van der Waals surface area (Å²) >= 11 is 1.53. The van der Waals surface area contributed by atoms with E-state index in [1.54, 1.807) is 6.08 Å². The van der Waals surface area contributed by atoms with E-state index in [0.717, 1.165) is 11.3 Å². The average molecular weight is 236 g/mol. The van der Waals surface area contributed by atoms with Crippen LogP contribution in [-0.2, 0) is 4.79 Å². The maximum Gasteiger partial charge on any atom is 0.329 e. The lowest BCUT2D eigenvalue weighted by Crippen LogP contribution is -2.31. The molecule has 0 aromatic carbocycles. The molecular weight excluding hydrogens is 224 g/mol. The first-order valence-corrected chi connectivity index (χ1v) is 5.98. The standard InChI is InChI=1S/C11H12N2O2S/c1-2-5-13-10(14)9(12-11(13)15)7-8-4-3-6-16-8/h3-4,6-7H,2,5H2,1H3,(H,12,15)/b9-7+. The Kier molecular flexibility index (Phi) is 3.05. The summed E-state index contributed by atoms with van der Waals surface area (Å²) in [7, 11) is 0. The van der Waals surface area contributed by atoms with E-state index in [9.17, 15) is 9.59 Å². The maximum absolute atomic E-state index is 11.8. The second-order valence-electron chi connectivity index (χ2n) is 3.46. The summed E-state index contributed by atoms with van der Waals surface area (Å²) in [6.07, 6.45) is 2.48. The van der Waals surface area contributed by atoms with Crippen molar-refractivity contribution in [1.29, 1.82) is 0 Å². The lowest BCUT2D eigenvalue weighted by Gasteiger charge is -2.08. The summed E-state index contributed by atoms with van der Waals surface area (Å²) in [5.74, 6) is -0.236. The zero-order valence-electron chi connectivity index (χ0n) is 8.90. The summed E-state index contributed by atoms with van der Waals surface area (Å²) in [4.78, 5) is 25.5. The van der Waals surface area contributed by atoms with Crippen LogP contribution in [0.2, 0.25) is 0 Å². The fourth-order valence-corrected chi connectivity index (χ4v) is 2.17. The second-order valence-corrected chi connectivity index (χ2v) is 4.44. The van der Waals surface area contributed by atoms with Gasteiger partial charge in [-0.15, -0.1) is 11.3 Å². The number of nitrogens with zero attached hydrogens (tertiary/aromatic N) is 1. The smallest absolute Gasteiger partial charge is 0.303 e. The van der Waals surface area contributed by atoms with Crippen LogP contribution in [0.25, 0.3) is 6.08 Å². The molecular formula is C11H12N2O2S. The van der Waals surface area contributed by atoms with E-state index in [4.69, 9.17) is 0 Å². The van der Waals surface area contributed by atoms with Crippen LogP contribution >= 0.6 is 11.3 Å². The van der Waals surface area contributed by atoms with Gasteiger partial charge in [0.15, 0.2) is 0 Å². The first-order chi connectivity index (χ1) is 7.72. The molecule has 1 aliphatic rings. The molecule has 0 unspecified atom stereocenters. The van der Waals surface area contributed by atoms with Gasteiger partial charge >= 0.3 is 6.03 Å². The molecule has 5 heteroatoms. The molecule has 1 aromatic rings. The molecule has 0 saturated carbocycles. The first-order valence-electron chi connectivity index (χ1n) is 5.10. The van der Waals surface area contributed by atoms with Crippen LogP contribution in [-0.4, -0.2) is 23.4 Å². The number of thiophene rings is 1. The van der Waals surface area contributed by atoms with Crippen molar-refractivity contribution < 1.29 is 9.59 Å². The lowest BCUT2D eigenvalue weighted by atomic mass is 10.3. The van der Waals surface area contributed by atoms with Crippen LogP contribution in [0.4, 0.5) is 4.79 Å². The zero-order chi connectivity index (χ0) is 11.5. The van der Waals surface area contributed by atoms with Crippen molar-refractivity contribution in [2.45, 2.75) is 13.3 Å². The zero-order valence-corrected chi connectivity index (χ0v) is 9.71. The number of imide groups is 1. The molecule has 0 atom stereocenters. The molecule has 0 bridgehead atoms. The molecule has 3 amide bonds. The number of urea groups is 1. The van der Waals surface area contributed by atoms with Gasteiger partial charge in [0.05, 0.1) is 0 Å². The molecule has 1 aliphatic heterocycles. The third kappa shape index (κ3) is 1.99. The van der Waals surface area contributed by atoms with Crippen molar-refractivity contribution in [2.75, 3.05) is 6.54 Å². The van der Waals surface area contributed by atoms with E-state index in [0.29, 0.717) is 12.2 Å². The Bertz CT molecular complexity index is 437. The SMILES string of the molecule is CCCN1C(=O)N/C(=C/c2cccs2)C1=O. The van der Waals surface area contributed by atoms with Gasteiger partial charge in [-0.05, 0) is 23.9 Å². The Morgan fingerprint density at radius 2 is 2.31 bits per heavy atom. The van der Waals surface area contributed by atoms with Crippen molar-refractivity contribution in [2.24, 2.45) is 0 Å². The molecule has 0 spiro atoms. The van der Waals surface area contributed by atoms with E-state index in [1.807, 2.05) is 24.4 Å². The van der Waals surface area contributed by atoms with E-state index in [-0.39, 0.29) is 11.9 Å². The van der Waals surface area contributed by atoms with Gasteiger partial charge in [0.2, 0.25) is 0 Å². The summed E-state index contributed by atoms with van der Waals surface area (Å²) in [6.45, 7) is 2.40. The topological polar surface area (TPSA) is 49.4 Å². The largest absolute Gasteiger partial charge is 0.329 e. The minimum absolute atomic E-state index is 0.236. The normalized spacial score (nSPS) is 18.3. The summed E-state index contributed by atoms with van der Waals surface area (Å²) in [5.41, 5.74) is 0.362. The maximum atomic E-state index is 11.8. The van der Waals surface area contributed by atoms with Gasteiger partial charge in [-0.2, -0.15) is 0 Å². The van der Waals surface area contributed by atoms with E-state index in [1.165, 1.54) is 16.2 Å². The Morgan fingerprint density at radius 3 is 2.94 bits per heavy atom. The van der Waals surface area contributed by atoms with Crippen molar-refractivity contribution >= 4 is 29.4 Å². The fourth-order valence-electron chi connectivity index (χ4n) is 1.51. The van der Waals surface area contributed by atoms with E-state index < -0.39 is 0 Å². The highest BCUT2D eigenvalue weighted by Gasteiger charge is 2.32. The monoisotopic (exact) mass is 236 g/mol. The van der Waals surface area contributed by atoms with Crippen LogP contribution in [0.15, 0.2) is 23.2 Å². The Labute approximate surface area is 97.6 Å². The fraction of sp³-hybridized carbons (Fsp3) is 0.273. The van der Waals surface area contributed by atoms with Crippen molar-refractivity contribution in [3.05, 3.63) is 28.1 Å². The number of carbonyl (C=O) groups is 2. The Hall–Kier alpha value is -1.62. The molecule has 4 nitrogen and oxygen atoms in total. The van der Waals surface area contributed by atoms with Gasteiger partial charge in [-0.1, -0.05) is 13.0 Å². The Balaban J connectivity index is 2.20. The molecule has 1 aromatic heterocycles. The van der Waals surface area contributed by atoms with Gasteiger partial charge < -0.3 is 5.32 Å². The van der Waals surface area contributed by atoms with Gasteiger partial charge in [-0.25, -0.2) is 4.79 Å². The minimum atomic E-state index is -0.324. The lowest BCUT2D eigenvalue weighted by molar-refractivity contribution is -0.122. The molecule has 16 heavy (non-hydrogen) atoms. The predicted octanol–water partition coefficient (Wildman–Crippen LogP) is 2.05. The van der Waals surface area contributed by atoms with Crippen LogP contribution in [0.1, 0.15) is 18.2 Å². The molecule has 1 fully saturated rings. The molecule has 1 saturated heterocycles. The van der Waals surface area contributed by atoms with E-state index >= 15 is 0 Å². The van der Waals surface area contributed by atoms with Gasteiger partial charge in [0, 0.05) is 11.4 Å². The number of amides is 3. The average Bonchev–Trinajstić information content (AvgIpc) is 2.84. The van der Waals surface area contributed by atoms with Crippen LogP contribution in [0.5, 0.6) is 0 Å². The first kappa shape index (κ1) is 10.9. The molecule has 2 rings (SSSR count). The molecule has 1 N–H and O–H groups in total. The van der Waals surface area contributed by atoms with Crippen LogP contribution in [0, 0.1) is 0 Å². The van der Waals surface area contributed by atoms with E-state index in [2.05, 4.69) is 5.32 Å². The highest BCUT2D eigenvalue weighted by Crippen LogP contribution is 2.17.